The summed E-state index contributed by atoms with van der Waals surface area (Å²) in [4.78, 5) is 0. The first-order chi connectivity index (χ1) is 7.42. The molecule has 4 unspecified atom stereocenters. The highest BCUT2D eigenvalue weighted by Gasteiger charge is 2.21. The van der Waals surface area contributed by atoms with E-state index in [0.29, 0.717) is 0 Å². The minimum atomic E-state index is 0.857. The van der Waals surface area contributed by atoms with Crippen molar-refractivity contribution < 1.29 is 0 Å². The molecule has 0 aromatic heterocycles. The summed E-state index contributed by atoms with van der Waals surface area (Å²) in [6, 6.07) is 0. The molecule has 0 amide bonds. The van der Waals surface area contributed by atoms with Gasteiger partial charge in [0.15, 0.2) is 0 Å². The van der Waals surface area contributed by atoms with Crippen LogP contribution in [-0.4, -0.2) is 0 Å². The second kappa shape index (κ2) is 8.14. The van der Waals surface area contributed by atoms with E-state index in [9.17, 15) is 0 Å². The Morgan fingerprint density at radius 1 is 0.688 bits per heavy atom. The van der Waals surface area contributed by atoms with E-state index in [0.717, 1.165) is 29.6 Å². The molecule has 0 fully saturated rings. The molecule has 0 bridgehead atoms. The molecule has 0 heterocycles. The zero-order valence-corrected chi connectivity index (χ0v) is 12.7. The quantitative estimate of drug-likeness (QED) is 0.493. The third kappa shape index (κ3) is 5.92. The lowest BCUT2D eigenvalue weighted by Crippen LogP contribution is -2.19. The van der Waals surface area contributed by atoms with E-state index in [1.807, 2.05) is 0 Å². The molecule has 0 aromatic rings. The van der Waals surface area contributed by atoms with Crippen LogP contribution in [0.15, 0.2) is 0 Å². The smallest absolute Gasteiger partial charge is 0.0391 e. The standard InChI is InChI=1S/C16H34/c1-8-13(5)15(7)14(6)11-16(9-2)10-12(3)4/h12-16H,8-11H2,1-7H3. The van der Waals surface area contributed by atoms with Gasteiger partial charge in [0.05, 0.1) is 0 Å². The fourth-order valence-electron chi connectivity index (χ4n) is 2.77. The van der Waals surface area contributed by atoms with E-state index >= 15 is 0 Å². The van der Waals surface area contributed by atoms with Gasteiger partial charge in [-0.3, -0.25) is 0 Å². The van der Waals surface area contributed by atoms with Crippen LogP contribution in [0.3, 0.4) is 0 Å². The van der Waals surface area contributed by atoms with E-state index in [1.165, 1.54) is 25.7 Å². The molecule has 0 aliphatic heterocycles. The largest absolute Gasteiger partial charge is 0.0651 e. The highest BCUT2D eigenvalue weighted by atomic mass is 14.3. The lowest BCUT2D eigenvalue weighted by molar-refractivity contribution is 0.216. The summed E-state index contributed by atoms with van der Waals surface area (Å²) in [5.74, 6) is 4.45. The first-order valence-corrected chi connectivity index (χ1v) is 7.42. The van der Waals surface area contributed by atoms with Crippen molar-refractivity contribution in [2.75, 3.05) is 0 Å². The predicted octanol–water partition coefficient (Wildman–Crippen LogP) is 5.77. The van der Waals surface area contributed by atoms with Gasteiger partial charge in [0.1, 0.15) is 0 Å². The summed E-state index contributed by atoms with van der Waals surface area (Å²) in [6.45, 7) is 16.7. The van der Waals surface area contributed by atoms with E-state index < -0.39 is 0 Å². The molecule has 0 saturated carbocycles. The van der Waals surface area contributed by atoms with E-state index in [2.05, 4.69) is 48.5 Å². The van der Waals surface area contributed by atoms with Gasteiger partial charge in [-0.05, 0) is 42.4 Å². The fraction of sp³-hybridized carbons (Fsp3) is 1.00. The fourth-order valence-corrected chi connectivity index (χ4v) is 2.77. The molecule has 0 aliphatic carbocycles. The van der Waals surface area contributed by atoms with Crippen LogP contribution in [0.1, 0.15) is 74.1 Å². The lowest BCUT2D eigenvalue weighted by atomic mass is 9.77. The van der Waals surface area contributed by atoms with Crippen molar-refractivity contribution in [1.82, 2.24) is 0 Å². The van der Waals surface area contributed by atoms with E-state index in [-0.39, 0.29) is 0 Å². The Morgan fingerprint density at radius 2 is 1.25 bits per heavy atom. The maximum Gasteiger partial charge on any atom is -0.0391 e. The monoisotopic (exact) mass is 226 g/mol. The SMILES string of the molecule is CCC(CC(C)C)CC(C)C(C)C(C)CC. The van der Waals surface area contributed by atoms with Gasteiger partial charge in [-0.25, -0.2) is 0 Å². The molecule has 4 atom stereocenters. The molecular weight excluding hydrogens is 192 g/mol. The van der Waals surface area contributed by atoms with Gasteiger partial charge in [0.25, 0.3) is 0 Å². The van der Waals surface area contributed by atoms with Gasteiger partial charge >= 0.3 is 0 Å². The minimum absolute atomic E-state index is 0.857. The average molecular weight is 226 g/mol. The predicted molar refractivity (Wildman–Crippen MR) is 75.6 cm³/mol. The Hall–Kier alpha value is 0. The molecule has 0 aromatic carbocycles. The summed E-state index contributed by atoms with van der Waals surface area (Å²) < 4.78 is 0. The van der Waals surface area contributed by atoms with Crippen LogP contribution < -0.4 is 0 Å². The Labute approximate surface area is 104 Å². The maximum absolute atomic E-state index is 2.46. The van der Waals surface area contributed by atoms with Crippen molar-refractivity contribution in [3.8, 4) is 0 Å². The lowest BCUT2D eigenvalue weighted by Gasteiger charge is -2.29. The molecule has 0 aliphatic rings. The Balaban J connectivity index is 4.13. The summed E-state index contributed by atoms with van der Waals surface area (Å²) >= 11 is 0. The van der Waals surface area contributed by atoms with Crippen molar-refractivity contribution in [2.45, 2.75) is 74.1 Å². The molecule has 98 valence electrons. The Bertz CT molecular complexity index is 159. The molecule has 0 rings (SSSR count). The molecule has 0 heteroatoms. The van der Waals surface area contributed by atoms with Crippen LogP contribution >= 0.6 is 0 Å². The van der Waals surface area contributed by atoms with E-state index in [4.69, 9.17) is 0 Å². The van der Waals surface area contributed by atoms with Gasteiger partial charge in [0, 0.05) is 0 Å². The van der Waals surface area contributed by atoms with Gasteiger partial charge < -0.3 is 0 Å². The summed E-state index contributed by atoms with van der Waals surface area (Å²) in [5, 5.41) is 0. The van der Waals surface area contributed by atoms with Gasteiger partial charge in [-0.15, -0.1) is 0 Å². The molecular formula is C16H34. The number of hydrogen-bond acceptors (Lipinski definition) is 0. The molecule has 0 N–H and O–H groups in total. The van der Waals surface area contributed by atoms with Crippen molar-refractivity contribution >= 4 is 0 Å². The zero-order valence-electron chi connectivity index (χ0n) is 12.7. The van der Waals surface area contributed by atoms with Crippen LogP contribution in [0.2, 0.25) is 0 Å². The van der Waals surface area contributed by atoms with Gasteiger partial charge in [-0.1, -0.05) is 61.3 Å². The van der Waals surface area contributed by atoms with Crippen molar-refractivity contribution in [2.24, 2.45) is 29.6 Å². The maximum atomic E-state index is 2.46. The van der Waals surface area contributed by atoms with Crippen molar-refractivity contribution in [3.63, 3.8) is 0 Å². The van der Waals surface area contributed by atoms with Gasteiger partial charge in [-0.2, -0.15) is 0 Å². The molecule has 0 nitrogen and oxygen atoms in total. The summed E-state index contributed by atoms with van der Waals surface area (Å²) in [5.41, 5.74) is 0. The summed E-state index contributed by atoms with van der Waals surface area (Å²) in [7, 11) is 0. The van der Waals surface area contributed by atoms with Gasteiger partial charge in [0.2, 0.25) is 0 Å². The molecule has 0 spiro atoms. The highest BCUT2D eigenvalue weighted by Crippen LogP contribution is 2.31. The first kappa shape index (κ1) is 16.0. The van der Waals surface area contributed by atoms with Crippen molar-refractivity contribution in [3.05, 3.63) is 0 Å². The minimum Gasteiger partial charge on any atom is -0.0651 e. The molecule has 0 radical (unpaired) electrons. The first-order valence-electron chi connectivity index (χ1n) is 7.42. The van der Waals surface area contributed by atoms with Crippen LogP contribution in [0.5, 0.6) is 0 Å². The highest BCUT2D eigenvalue weighted by molar-refractivity contribution is 4.71. The normalized spacial score (nSPS) is 19.5. The third-order valence-corrected chi connectivity index (χ3v) is 4.53. The zero-order chi connectivity index (χ0) is 12.7. The average Bonchev–Trinajstić information content (AvgIpc) is 2.25. The number of hydrogen-bond donors (Lipinski definition) is 0. The van der Waals surface area contributed by atoms with Crippen LogP contribution in [0.4, 0.5) is 0 Å². The number of rotatable bonds is 8. The topological polar surface area (TPSA) is 0 Å². The van der Waals surface area contributed by atoms with Crippen LogP contribution in [0.25, 0.3) is 0 Å². The Kier molecular flexibility index (Phi) is 8.14. The van der Waals surface area contributed by atoms with E-state index in [1.54, 1.807) is 0 Å². The Morgan fingerprint density at radius 3 is 1.62 bits per heavy atom. The molecule has 0 saturated heterocycles. The van der Waals surface area contributed by atoms with Crippen LogP contribution in [0, 0.1) is 29.6 Å². The third-order valence-electron chi connectivity index (χ3n) is 4.53. The summed E-state index contributed by atoms with van der Waals surface area (Å²) in [6.07, 6.45) is 5.52. The van der Waals surface area contributed by atoms with Crippen LogP contribution in [-0.2, 0) is 0 Å². The molecule has 16 heavy (non-hydrogen) atoms. The van der Waals surface area contributed by atoms with Crippen molar-refractivity contribution in [1.29, 1.82) is 0 Å². The second-order valence-corrected chi connectivity index (χ2v) is 6.36. The second-order valence-electron chi connectivity index (χ2n) is 6.36.